The van der Waals surface area contributed by atoms with Crippen LogP contribution >= 0.6 is 0 Å². The molecule has 2 unspecified atom stereocenters. The van der Waals surface area contributed by atoms with Gasteiger partial charge in [-0.05, 0) is 32.7 Å². The Morgan fingerprint density at radius 2 is 2.35 bits per heavy atom. The second kappa shape index (κ2) is 7.20. The minimum atomic E-state index is 0.226. The number of aromatic nitrogens is 2. The van der Waals surface area contributed by atoms with E-state index in [0.717, 1.165) is 31.7 Å². The lowest BCUT2D eigenvalue weighted by Crippen LogP contribution is -2.38. The molecule has 0 aliphatic carbocycles. The van der Waals surface area contributed by atoms with Crippen molar-refractivity contribution in [2.24, 2.45) is 12.8 Å². The van der Waals surface area contributed by atoms with Gasteiger partial charge in [-0.25, -0.2) is 0 Å². The molecular formula is C15H28N4O. The fourth-order valence-corrected chi connectivity index (χ4v) is 3.05. The molecule has 0 amide bonds. The smallest absolute Gasteiger partial charge is 0.0702 e. The second-order valence-electron chi connectivity index (χ2n) is 5.74. The Bertz CT molecular complexity index is 412. The molecule has 1 aliphatic rings. The van der Waals surface area contributed by atoms with Gasteiger partial charge in [0, 0.05) is 38.5 Å². The second-order valence-corrected chi connectivity index (χ2v) is 5.74. The number of ether oxygens (including phenoxy) is 1. The molecule has 2 rings (SSSR count). The average Bonchev–Trinajstić information content (AvgIpc) is 2.81. The number of hydrogen-bond donors (Lipinski definition) is 1. The average molecular weight is 280 g/mol. The Hall–Kier alpha value is -0.910. The summed E-state index contributed by atoms with van der Waals surface area (Å²) >= 11 is 0. The van der Waals surface area contributed by atoms with Gasteiger partial charge in [0.05, 0.1) is 17.8 Å². The first-order valence-electron chi connectivity index (χ1n) is 7.70. The van der Waals surface area contributed by atoms with Crippen molar-refractivity contribution in [2.45, 2.75) is 44.8 Å². The largest absolute Gasteiger partial charge is 0.377 e. The Balaban J connectivity index is 2.05. The molecule has 1 fully saturated rings. The summed E-state index contributed by atoms with van der Waals surface area (Å²) in [4.78, 5) is 2.33. The van der Waals surface area contributed by atoms with Crippen LogP contribution in [0.3, 0.4) is 0 Å². The Kier molecular flexibility index (Phi) is 5.57. The van der Waals surface area contributed by atoms with Crippen LogP contribution in [0.1, 0.15) is 43.5 Å². The van der Waals surface area contributed by atoms with Crippen LogP contribution in [0.15, 0.2) is 6.20 Å². The maximum atomic E-state index is 6.02. The van der Waals surface area contributed by atoms with Crippen molar-refractivity contribution in [3.63, 3.8) is 0 Å². The maximum Gasteiger partial charge on any atom is 0.0702 e. The number of nitrogens with zero attached hydrogens (tertiary/aromatic N) is 3. The van der Waals surface area contributed by atoms with Crippen molar-refractivity contribution < 1.29 is 4.74 Å². The molecule has 2 N–H and O–H groups in total. The molecule has 0 saturated carbocycles. The van der Waals surface area contributed by atoms with Crippen LogP contribution in [-0.2, 0) is 18.2 Å². The lowest BCUT2D eigenvalue weighted by molar-refractivity contribution is -0.00783. The number of likely N-dealkylation sites (N-methyl/N-ethyl adjacent to an activating group) is 1. The van der Waals surface area contributed by atoms with Gasteiger partial charge < -0.3 is 10.5 Å². The van der Waals surface area contributed by atoms with E-state index in [2.05, 4.69) is 30.2 Å². The first-order chi connectivity index (χ1) is 9.65. The van der Waals surface area contributed by atoms with Crippen molar-refractivity contribution in [1.29, 1.82) is 0 Å². The minimum absolute atomic E-state index is 0.226. The van der Waals surface area contributed by atoms with E-state index in [9.17, 15) is 0 Å². The van der Waals surface area contributed by atoms with Crippen molar-refractivity contribution in [3.05, 3.63) is 17.5 Å². The summed E-state index contributed by atoms with van der Waals surface area (Å²) in [6.45, 7) is 4.60. The molecule has 2 atom stereocenters. The fourth-order valence-electron chi connectivity index (χ4n) is 3.05. The van der Waals surface area contributed by atoms with E-state index in [1.54, 1.807) is 0 Å². The monoisotopic (exact) mass is 280 g/mol. The van der Waals surface area contributed by atoms with Gasteiger partial charge >= 0.3 is 0 Å². The van der Waals surface area contributed by atoms with Gasteiger partial charge in [0.15, 0.2) is 0 Å². The van der Waals surface area contributed by atoms with E-state index >= 15 is 0 Å². The summed E-state index contributed by atoms with van der Waals surface area (Å²) in [5.41, 5.74) is 8.44. The molecule has 1 saturated heterocycles. The van der Waals surface area contributed by atoms with E-state index in [1.165, 1.54) is 18.4 Å². The van der Waals surface area contributed by atoms with E-state index in [-0.39, 0.29) is 6.04 Å². The van der Waals surface area contributed by atoms with Crippen LogP contribution in [0, 0.1) is 0 Å². The maximum absolute atomic E-state index is 6.02. The number of hydrogen-bond acceptors (Lipinski definition) is 4. The fraction of sp³-hybridized carbons (Fsp3) is 0.800. The van der Waals surface area contributed by atoms with Gasteiger partial charge in [-0.15, -0.1) is 0 Å². The molecule has 0 spiro atoms. The molecule has 1 aromatic rings. The molecule has 0 aromatic carbocycles. The first-order valence-corrected chi connectivity index (χ1v) is 7.70. The number of aryl methyl sites for hydroxylation is 2. The molecule has 5 heteroatoms. The van der Waals surface area contributed by atoms with E-state index in [0.29, 0.717) is 12.6 Å². The molecule has 2 heterocycles. The van der Waals surface area contributed by atoms with Crippen molar-refractivity contribution in [1.82, 2.24) is 14.7 Å². The third-order valence-electron chi connectivity index (χ3n) is 4.15. The number of rotatable bonds is 6. The Morgan fingerprint density at radius 3 is 2.95 bits per heavy atom. The predicted octanol–water partition coefficient (Wildman–Crippen LogP) is 1.48. The van der Waals surface area contributed by atoms with Crippen LogP contribution in [0.4, 0.5) is 0 Å². The highest BCUT2D eigenvalue weighted by Crippen LogP contribution is 2.24. The van der Waals surface area contributed by atoms with Crippen molar-refractivity contribution >= 4 is 0 Å². The minimum Gasteiger partial charge on any atom is -0.377 e. The van der Waals surface area contributed by atoms with Gasteiger partial charge in [-0.1, -0.05) is 6.92 Å². The van der Waals surface area contributed by atoms with E-state index in [1.807, 2.05) is 11.7 Å². The van der Waals surface area contributed by atoms with Crippen LogP contribution in [0.25, 0.3) is 0 Å². The normalized spacial score (nSPS) is 21.4. The first kappa shape index (κ1) is 15.5. The summed E-state index contributed by atoms with van der Waals surface area (Å²) in [6.07, 6.45) is 7.04. The van der Waals surface area contributed by atoms with Crippen molar-refractivity contribution in [2.75, 3.05) is 26.7 Å². The van der Waals surface area contributed by atoms with Gasteiger partial charge in [0.1, 0.15) is 0 Å². The molecule has 114 valence electrons. The lowest BCUT2D eigenvalue weighted by atomic mass is 10.0. The highest BCUT2D eigenvalue weighted by molar-refractivity contribution is 5.22. The highest BCUT2D eigenvalue weighted by Gasteiger charge is 2.24. The van der Waals surface area contributed by atoms with Crippen LogP contribution in [0.5, 0.6) is 0 Å². The third-order valence-corrected chi connectivity index (χ3v) is 4.15. The molecule has 0 bridgehead atoms. The zero-order valence-electron chi connectivity index (χ0n) is 13.0. The quantitative estimate of drug-likeness (QED) is 0.857. The van der Waals surface area contributed by atoms with Gasteiger partial charge in [-0.2, -0.15) is 5.10 Å². The molecule has 1 aliphatic heterocycles. The van der Waals surface area contributed by atoms with E-state index < -0.39 is 0 Å². The summed E-state index contributed by atoms with van der Waals surface area (Å²) in [5.74, 6) is 0. The zero-order valence-corrected chi connectivity index (χ0v) is 13.0. The molecular weight excluding hydrogens is 252 g/mol. The summed E-state index contributed by atoms with van der Waals surface area (Å²) < 4.78 is 7.73. The SMILES string of the molecule is CCc1nn(C)cc1C(CN)N(C)CC1CCCCO1. The number of nitrogens with two attached hydrogens (primary N) is 1. The van der Waals surface area contributed by atoms with Crippen LogP contribution < -0.4 is 5.73 Å². The molecule has 5 nitrogen and oxygen atoms in total. The Labute approximate surface area is 122 Å². The van der Waals surface area contributed by atoms with Gasteiger partial charge in [0.2, 0.25) is 0 Å². The molecule has 0 radical (unpaired) electrons. The molecule has 20 heavy (non-hydrogen) atoms. The van der Waals surface area contributed by atoms with Gasteiger partial charge in [-0.3, -0.25) is 9.58 Å². The van der Waals surface area contributed by atoms with Crippen LogP contribution in [-0.4, -0.2) is 47.5 Å². The summed E-state index contributed by atoms with van der Waals surface area (Å²) in [5, 5.41) is 4.53. The highest BCUT2D eigenvalue weighted by atomic mass is 16.5. The lowest BCUT2D eigenvalue weighted by Gasteiger charge is -2.32. The topological polar surface area (TPSA) is 56.3 Å². The Morgan fingerprint density at radius 1 is 1.55 bits per heavy atom. The van der Waals surface area contributed by atoms with Crippen LogP contribution in [0.2, 0.25) is 0 Å². The summed E-state index contributed by atoms with van der Waals surface area (Å²) in [7, 11) is 4.11. The predicted molar refractivity (Wildman–Crippen MR) is 80.6 cm³/mol. The van der Waals surface area contributed by atoms with Crippen molar-refractivity contribution in [3.8, 4) is 0 Å². The molecule has 1 aromatic heterocycles. The third kappa shape index (κ3) is 3.59. The van der Waals surface area contributed by atoms with Gasteiger partial charge in [0.25, 0.3) is 0 Å². The van der Waals surface area contributed by atoms with E-state index in [4.69, 9.17) is 10.5 Å². The standard InChI is InChI=1S/C15H28N4O/c1-4-14-13(11-19(3)17-14)15(9-16)18(2)10-12-7-5-6-8-20-12/h11-12,15H,4-10,16H2,1-3H3. The summed E-state index contributed by atoms with van der Waals surface area (Å²) in [6, 6.07) is 0.226. The zero-order chi connectivity index (χ0) is 14.5.